The quantitative estimate of drug-likeness (QED) is 0.263. The summed E-state index contributed by atoms with van der Waals surface area (Å²) in [6.45, 7) is 0. The van der Waals surface area contributed by atoms with Gasteiger partial charge >= 0.3 is 0 Å². The molecule has 0 aliphatic heterocycles. The van der Waals surface area contributed by atoms with Gasteiger partial charge in [-0.25, -0.2) is 17.6 Å². The van der Waals surface area contributed by atoms with Crippen molar-refractivity contribution in [3.8, 4) is 0 Å². The van der Waals surface area contributed by atoms with E-state index in [1.807, 2.05) is 0 Å². The third kappa shape index (κ3) is 1.58. The van der Waals surface area contributed by atoms with E-state index in [1.165, 1.54) is 0 Å². The number of rotatable bonds is 2. The number of halogens is 4. The zero-order chi connectivity index (χ0) is 12.6. The molecule has 1 rings (SSSR count). The molecule has 0 spiro atoms. The summed E-state index contributed by atoms with van der Waals surface area (Å²) in [6.07, 6.45) is 0. The van der Waals surface area contributed by atoms with Crippen LogP contribution in [0.25, 0.3) is 0 Å². The molecule has 0 unspecified atom stereocenters. The van der Waals surface area contributed by atoms with Gasteiger partial charge in [0.05, 0.1) is 11.1 Å². The number of hydrogen-bond acceptors (Lipinski definition) is 2. The normalized spacial score (nSPS) is 10.2. The van der Waals surface area contributed by atoms with Crippen molar-refractivity contribution in [2.75, 3.05) is 0 Å². The molecule has 0 amide bonds. The minimum Gasteiger partial charge on any atom is -0.384 e. The third-order valence-corrected chi connectivity index (χ3v) is 1.80. The highest BCUT2D eigenvalue weighted by Crippen LogP contribution is 2.23. The van der Waals surface area contributed by atoms with Gasteiger partial charge in [-0.05, 0) is 0 Å². The fourth-order valence-electron chi connectivity index (χ4n) is 1.10. The SMILES string of the molecule is N=C(N)c1c(F)c(F)c(C(=N)N)c(F)c1F. The molecule has 1 aromatic carbocycles. The Labute approximate surface area is 86.9 Å². The molecule has 0 saturated carbocycles. The average molecular weight is 234 g/mol. The van der Waals surface area contributed by atoms with Crippen LogP contribution >= 0.6 is 0 Å². The molecular weight excluding hydrogens is 228 g/mol. The van der Waals surface area contributed by atoms with E-state index in [-0.39, 0.29) is 0 Å². The van der Waals surface area contributed by atoms with Crippen molar-refractivity contribution in [1.82, 2.24) is 0 Å². The van der Waals surface area contributed by atoms with Crippen LogP contribution in [-0.4, -0.2) is 11.7 Å². The molecule has 86 valence electrons. The maximum absolute atomic E-state index is 13.2. The van der Waals surface area contributed by atoms with E-state index in [9.17, 15) is 17.6 Å². The minimum absolute atomic E-state index is 1.16. The first-order valence-electron chi connectivity index (χ1n) is 3.83. The van der Waals surface area contributed by atoms with Crippen molar-refractivity contribution in [1.29, 1.82) is 10.8 Å². The molecule has 0 fully saturated rings. The van der Waals surface area contributed by atoms with Crippen molar-refractivity contribution in [3.05, 3.63) is 34.4 Å². The summed E-state index contributed by atoms with van der Waals surface area (Å²) in [5, 5.41) is 13.5. The topological polar surface area (TPSA) is 99.7 Å². The number of amidine groups is 2. The number of hydrogen-bond donors (Lipinski definition) is 4. The van der Waals surface area contributed by atoms with Crippen LogP contribution in [0.3, 0.4) is 0 Å². The van der Waals surface area contributed by atoms with Gasteiger partial charge in [0.1, 0.15) is 11.7 Å². The van der Waals surface area contributed by atoms with E-state index in [0.29, 0.717) is 0 Å². The summed E-state index contributed by atoms with van der Waals surface area (Å²) >= 11 is 0. The van der Waals surface area contributed by atoms with Crippen LogP contribution in [-0.2, 0) is 0 Å². The van der Waals surface area contributed by atoms with Gasteiger partial charge in [0.25, 0.3) is 0 Å². The first-order valence-corrected chi connectivity index (χ1v) is 3.83. The molecule has 0 saturated heterocycles. The second kappa shape index (κ2) is 3.80. The maximum Gasteiger partial charge on any atom is 0.173 e. The standard InChI is InChI=1S/C8H6F4N4/c9-3-1(7(13)14)4(10)6(12)2(5(3)11)8(15)16/h(H3,13,14)(H3,15,16). The zero-order valence-corrected chi connectivity index (χ0v) is 7.67. The smallest absolute Gasteiger partial charge is 0.173 e. The lowest BCUT2D eigenvalue weighted by Crippen LogP contribution is -2.23. The highest BCUT2D eigenvalue weighted by molar-refractivity contribution is 5.99. The average Bonchev–Trinajstić information content (AvgIpc) is 2.14. The Morgan fingerprint density at radius 3 is 1.00 bits per heavy atom. The monoisotopic (exact) mass is 234 g/mol. The zero-order valence-electron chi connectivity index (χ0n) is 7.67. The summed E-state index contributed by atoms with van der Waals surface area (Å²) in [7, 11) is 0. The molecule has 0 radical (unpaired) electrons. The lowest BCUT2D eigenvalue weighted by Gasteiger charge is -2.09. The van der Waals surface area contributed by atoms with E-state index in [0.717, 1.165) is 0 Å². The highest BCUT2D eigenvalue weighted by Gasteiger charge is 2.27. The molecule has 0 aliphatic rings. The molecule has 0 atom stereocenters. The van der Waals surface area contributed by atoms with Gasteiger partial charge in [-0.1, -0.05) is 0 Å². The number of nitrogens with two attached hydrogens (primary N) is 2. The molecule has 0 heterocycles. The van der Waals surface area contributed by atoms with Crippen molar-refractivity contribution >= 4 is 11.7 Å². The fourth-order valence-corrected chi connectivity index (χ4v) is 1.10. The number of benzene rings is 1. The van der Waals surface area contributed by atoms with E-state index in [1.54, 1.807) is 0 Å². The van der Waals surface area contributed by atoms with Gasteiger partial charge in [0.2, 0.25) is 0 Å². The molecule has 0 aromatic heterocycles. The van der Waals surface area contributed by atoms with Crippen LogP contribution in [0.5, 0.6) is 0 Å². The van der Waals surface area contributed by atoms with Crippen molar-refractivity contribution < 1.29 is 17.6 Å². The lowest BCUT2D eigenvalue weighted by atomic mass is 10.1. The van der Waals surface area contributed by atoms with E-state index in [2.05, 4.69) is 0 Å². The predicted octanol–water partition coefficient (Wildman–Crippen LogP) is 0.811. The van der Waals surface area contributed by atoms with Crippen LogP contribution < -0.4 is 11.5 Å². The maximum atomic E-state index is 13.2. The third-order valence-electron chi connectivity index (χ3n) is 1.80. The van der Waals surface area contributed by atoms with Gasteiger partial charge in [-0.3, -0.25) is 10.8 Å². The molecule has 16 heavy (non-hydrogen) atoms. The summed E-state index contributed by atoms with van der Waals surface area (Å²) < 4.78 is 52.6. The van der Waals surface area contributed by atoms with E-state index < -0.39 is 46.1 Å². The van der Waals surface area contributed by atoms with Crippen molar-refractivity contribution in [2.24, 2.45) is 11.5 Å². The number of nitrogens with one attached hydrogen (secondary N) is 2. The van der Waals surface area contributed by atoms with Crippen LogP contribution in [0.15, 0.2) is 0 Å². The fraction of sp³-hybridized carbons (Fsp3) is 0. The molecule has 4 nitrogen and oxygen atoms in total. The van der Waals surface area contributed by atoms with Crippen LogP contribution in [0.2, 0.25) is 0 Å². The summed E-state index contributed by atoms with van der Waals surface area (Å²) in [5.74, 6) is -9.73. The Balaban J connectivity index is 3.77. The van der Waals surface area contributed by atoms with E-state index in [4.69, 9.17) is 22.3 Å². The Morgan fingerprint density at radius 2 is 0.875 bits per heavy atom. The molecular formula is C8H6F4N4. The van der Waals surface area contributed by atoms with E-state index >= 15 is 0 Å². The van der Waals surface area contributed by atoms with Crippen molar-refractivity contribution in [2.45, 2.75) is 0 Å². The van der Waals surface area contributed by atoms with Gasteiger partial charge in [-0.15, -0.1) is 0 Å². The second-order valence-corrected chi connectivity index (χ2v) is 2.83. The molecule has 1 aromatic rings. The number of nitrogen functional groups attached to an aromatic ring is 2. The van der Waals surface area contributed by atoms with Crippen molar-refractivity contribution in [3.63, 3.8) is 0 Å². The largest absolute Gasteiger partial charge is 0.384 e. The Bertz CT molecular complexity index is 423. The van der Waals surface area contributed by atoms with Crippen LogP contribution in [0.4, 0.5) is 17.6 Å². The van der Waals surface area contributed by atoms with Gasteiger partial charge < -0.3 is 11.5 Å². The molecule has 0 aliphatic carbocycles. The van der Waals surface area contributed by atoms with Gasteiger partial charge in [-0.2, -0.15) is 0 Å². The first kappa shape index (κ1) is 12.0. The summed E-state index contributed by atoms with van der Waals surface area (Å²) in [6, 6.07) is 0. The Hall–Kier alpha value is -2.12. The summed E-state index contributed by atoms with van der Waals surface area (Å²) in [4.78, 5) is 0. The van der Waals surface area contributed by atoms with Crippen LogP contribution in [0, 0.1) is 34.1 Å². The first-order chi connectivity index (χ1) is 7.29. The Kier molecular flexibility index (Phi) is 2.84. The van der Waals surface area contributed by atoms with Gasteiger partial charge in [0.15, 0.2) is 23.3 Å². The predicted molar refractivity (Wildman–Crippen MR) is 48.3 cm³/mol. The molecule has 0 bridgehead atoms. The molecule has 6 N–H and O–H groups in total. The van der Waals surface area contributed by atoms with Gasteiger partial charge in [0, 0.05) is 0 Å². The summed E-state index contributed by atoms with van der Waals surface area (Å²) in [5.41, 5.74) is 6.89. The molecule has 8 heteroatoms. The minimum atomic E-state index is -1.85. The highest BCUT2D eigenvalue weighted by atomic mass is 19.2. The Morgan fingerprint density at radius 1 is 0.688 bits per heavy atom. The lowest BCUT2D eigenvalue weighted by molar-refractivity contribution is 0.448. The van der Waals surface area contributed by atoms with Crippen LogP contribution in [0.1, 0.15) is 11.1 Å². The second-order valence-electron chi connectivity index (χ2n) is 2.83.